The van der Waals surface area contributed by atoms with Crippen LogP contribution >= 0.6 is 0 Å². The van der Waals surface area contributed by atoms with Gasteiger partial charge in [0.2, 0.25) is 0 Å². The summed E-state index contributed by atoms with van der Waals surface area (Å²) in [5, 5.41) is 10.6. The standard InChI is InChI=1S/C23H21N7O/c1-30-8-6-15-14(5-7-25-22(15)30)21-16-11-27-23(31)20(16)18(12-26-21)29-19-4-2-3-17(28-19)13-9-24-10-13/h2-8,12-13,24H,9-11H2,1H3,(H,27,31)(H,28,29). The molecule has 4 aromatic heterocycles. The largest absolute Gasteiger partial charge is 0.348 e. The number of pyridine rings is 3. The Labute approximate surface area is 178 Å². The summed E-state index contributed by atoms with van der Waals surface area (Å²) in [6.07, 6.45) is 5.50. The highest BCUT2D eigenvalue weighted by molar-refractivity contribution is 6.06. The first-order chi connectivity index (χ1) is 15.2. The van der Waals surface area contributed by atoms with Gasteiger partial charge < -0.3 is 20.5 Å². The van der Waals surface area contributed by atoms with Gasteiger partial charge in [0.05, 0.1) is 23.1 Å². The van der Waals surface area contributed by atoms with E-state index in [1.165, 1.54) is 0 Å². The molecule has 1 fully saturated rings. The van der Waals surface area contributed by atoms with Crippen LogP contribution in [-0.2, 0) is 13.6 Å². The molecular weight excluding hydrogens is 390 g/mol. The van der Waals surface area contributed by atoms with E-state index in [4.69, 9.17) is 9.97 Å². The van der Waals surface area contributed by atoms with Crippen LogP contribution in [0, 0.1) is 0 Å². The number of aryl methyl sites for hydroxylation is 1. The molecule has 8 heteroatoms. The molecule has 0 unspecified atom stereocenters. The lowest BCUT2D eigenvalue weighted by molar-refractivity contribution is 0.0966. The second-order valence-electron chi connectivity index (χ2n) is 8.01. The fourth-order valence-electron chi connectivity index (χ4n) is 4.32. The lowest BCUT2D eigenvalue weighted by atomic mass is 9.99. The van der Waals surface area contributed by atoms with Gasteiger partial charge in [0.1, 0.15) is 11.5 Å². The van der Waals surface area contributed by atoms with Gasteiger partial charge in [-0.1, -0.05) is 6.07 Å². The molecule has 8 nitrogen and oxygen atoms in total. The van der Waals surface area contributed by atoms with Crippen molar-refractivity contribution < 1.29 is 4.79 Å². The summed E-state index contributed by atoms with van der Waals surface area (Å²) in [6, 6.07) is 9.95. The van der Waals surface area contributed by atoms with Crippen molar-refractivity contribution in [2.45, 2.75) is 12.5 Å². The van der Waals surface area contributed by atoms with Gasteiger partial charge in [-0.25, -0.2) is 9.97 Å². The summed E-state index contributed by atoms with van der Waals surface area (Å²) in [5.74, 6) is 1.06. The Kier molecular flexibility index (Phi) is 4.00. The van der Waals surface area contributed by atoms with Crippen LogP contribution in [0.2, 0.25) is 0 Å². The number of aromatic nitrogens is 4. The zero-order valence-electron chi connectivity index (χ0n) is 17.0. The van der Waals surface area contributed by atoms with Crippen LogP contribution in [-0.4, -0.2) is 38.5 Å². The third-order valence-corrected chi connectivity index (χ3v) is 6.09. The minimum absolute atomic E-state index is 0.0983. The highest BCUT2D eigenvalue weighted by atomic mass is 16.1. The van der Waals surface area contributed by atoms with E-state index < -0.39 is 0 Å². The number of carbonyl (C=O) groups excluding carboxylic acids is 1. The lowest BCUT2D eigenvalue weighted by Crippen LogP contribution is -2.40. The Morgan fingerprint density at radius 1 is 1.16 bits per heavy atom. The number of nitrogens with one attached hydrogen (secondary N) is 3. The van der Waals surface area contributed by atoms with E-state index in [-0.39, 0.29) is 5.91 Å². The Bertz CT molecular complexity index is 1340. The minimum atomic E-state index is -0.0983. The molecule has 4 aromatic rings. The molecule has 0 aliphatic carbocycles. The molecule has 2 aliphatic rings. The predicted molar refractivity (Wildman–Crippen MR) is 118 cm³/mol. The van der Waals surface area contributed by atoms with Crippen molar-refractivity contribution in [3.8, 4) is 11.3 Å². The number of hydrogen-bond acceptors (Lipinski definition) is 6. The fourth-order valence-corrected chi connectivity index (χ4v) is 4.32. The van der Waals surface area contributed by atoms with Crippen molar-refractivity contribution in [3.63, 3.8) is 0 Å². The first kappa shape index (κ1) is 18.0. The van der Waals surface area contributed by atoms with Crippen LogP contribution in [0.1, 0.15) is 27.5 Å². The number of carbonyl (C=O) groups is 1. The third kappa shape index (κ3) is 2.87. The maximum absolute atomic E-state index is 12.7. The van der Waals surface area contributed by atoms with Crippen LogP contribution in [0.5, 0.6) is 0 Å². The Morgan fingerprint density at radius 3 is 2.90 bits per heavy atom. The van der Waals surface area contributed by atoms with E-state index in [9.17, 15) is 4.79 Å². The van der Waals surface area contributed by atoms with Gasteiger partial charge in [0, 0.05) is 67.2 Å². The number of anilines is 2. The van der Waals surface area contributed by atoms with Gasteiger partial charge in [-0.3, -0.25) is 9.78 Å². The monoisotopic (exact) mass is 411 g/mol. The van der Waals surface area contributed by atoms with Gasteiger partial charge in [-0.15, -0.1) is 0 Å². The minimum Gasteiger partial charge on any atom is -0.348 e. The maximum atomic E-state index is 12.7. The van der Waals surface area contributed by atoms with Gasteiger partial charge in [0.25, 0.3) is 5.91 Å². The van der Waals surface area contributed by atoms with Gasteiger partial charge >= 0.3 is 0 Å². The molecule has 2 aliphatic heterocycles. The van der Waals surface area contributed by atoms with E-state index in [1.54, 1.807) is 12.4 Å². The highest BCUT2D eigenvalue weighted by Gasteiger charge is 2.28. The van der Waals surface area contributed by atoms with Crippen LogP contribution in [0.4, 0.5) is 11.5 Å². The molecule has 0 atom stereocenters. The van der Waals surface area contributed by atoms with Crippen LogP contribution in [0.25, 0.3) is 22.3 Å². The first-order valence-electron chi connectivity index (χ1n) is 10.3. The molecule has 154 valence electrons. The van der Waals surface area contributed by atoms with Crippen LogP contribution in [0.3, 0.4) is 0 Å². The topological polar surface area (TPSA) is 96.8 Å². The summed E-state index contributed by atoms with van der Waals surface area (Å²) in [5.41, 5.74) is 5.91. The van der Waals surface area contributed by atoms with Crippen molar-refractivity contribution in [3.05, 3.63) is 65.7 Å². The fraction of sp³-hybridized carbons (Fsp3) is 0.217. The number of rotatable bonds is 4. The van der Waals surface area contributed by atoms with Crippen molar-refractivity contribution in [2.24, 2.45) is 7.05 Å². The molecule has 1 amide bonds. The second-order valence-corrected chi connectivity index (χ2v) is 8.01. The summed E-state index contributed by atoms with van der Waals surface area (Å²) in [6.45, 7) is 2.35. The normalized spacial score (nSPS) is 15.6. The van der Waals surface area contributed by atoms with Crippen LogP contribution < -0.4 is 16.0 Å². The van der Waals surface area contributed by atoms with Gasteiger partial charge in [0.15, 0.2) is 0 Å². The van der Waals surface area contributed by atoms with E-state index in [0.29, 0.717) is 23.7 Å². The summed E-state index contributed by atoms with van der Waals surface area (Å²) < 4.78 is 1.98. The molecule has 0 bridgehead atoms. The molecule has 31 heavy (non-hydrogen) atoms. The molecule has 1 saturated heterocycles. The highest BCUT2D eigenvalue weighted by Crippen LogP contribution is 2.36. The Hall–Kier alpha value is -3.78. The molecule has 6 heterocycles. The Morgan fingerprint density at radius 2 is 2.06 bits per heavy atom. The average molecular weight is 411 g/mol. The summed E-state index contributed by atoms with van der Waals surface area (Å²) in [7, 11) is 1.97. The average Bonchev–Trinajstić information content (AvgIpc) is 3.31. The number of amides is 1. The van der Waals surface area contributed by atoms with Gasteiger partial charge in [-0.2, -0.15) is 0 Å². The molecule has 0 saturated carbocycles. The Balaban J connectivity index is 1.43. The molecular formula is C23H21N7O. The zero-order valence-corrected chi connectivity index (χ0v) is 17.0. The molecule has 0 aromatic carbocycles. The third-order valence-electron chi connectivity index (χ3n) is 6.09. The van der Waals surface area contributed by atoms with Crippen molar-refractivity contribution in [1.29, 1.82) is 0 Å². The zero-order chi connectivity index (χ0) is 20.9. The number of hydrogen-bond donors (Lipinski definition) is 3. The van der Waals surface area contributed by atoms with E-state index >= 15 is 0 Å². The SMILES string of the molecule is Cn1ccc2c(-c3ncc(Nc4cccc(C5CNC5)n4)c4c3CNC4=O)ccnc21. The summed E-state index contributed by atoms with van der Waals surface area (Å²) >= 11 is 0. The smallest absolute Gasteiger partial charge is 0.254 e. The van der Waals surface area contributed by atoms with Crippen molar-refractivity contribution in [2.75, 3.05) is 18.4 Å². The quantitative estimate of drug-likeness (QED) is 0.478. The summed E-state index contributed by atoms with van der Waals surface area (Å²) in [4.78, 5) is 26.7. The molecule has 3 N–H and O–H groups in total. The van der Waals surface area contributed by atoms with Crippen molar-refractivity contribution >= 4 is 28.4 Å². The van der Waals surface area contributed by atoms with E-state index in [2.05, 4.69) is 20.9 Å². The first-order valence-corrected chi connectivity index (χ1v) is 10.3. The van der Waals surface area contributed by atoms with Gasteiger partial charge in [-0.05, 0) is 24.3 Å². The number of fused-ring (bicyclic) bond motifs is 2. The molecule has 0 radical (unpaired) electrons. The number of nitrogens with zero attached hydrogens (tertiary/aromatic N) is 4. The maximum Gasteiger partial charge on any atom is 0.254 e. The molecule has 6 rings (SSSR count). The predicted octanol–water partition coefficient (Wildman–Crippen LogP) is 2.70. The van der Waals surface area contributed by atoms with Crippen molar-refractivity contribution in [1.82, 2.24) is 30.2 Å². The second kappa shape index (κ2) is 6.88. The van der Waals surface area contributed by atoms with E-state index in [1.807, 2.05) is 48.1 Å². The van der Waals surface area contributed by atoms with E-state index in [0.717, 1.165) is 52.5 Å². The lowest BCUT2D eigenvalue weighted by Gasteiger charge is -2.26. The van der Waals surface area contributed by atoms with Crippen LogP contribution in [0.15, 0.2) is 48.9 Å². The molecule has 0 spiro atoms.